The van der Waals surface area contributed by atoms with E-state index in [2.05, 4.69) is 40.2 Å². The average Bonchev–Trinajstić information content (AvgIpc) is 3.24. The molecule has 5 aromatic carbocycles. The van der Waals surface area contributed by atoms with Crippen LogP contribution in [-0.2, 0) is 17.9 Å². The number of thioether (sulfide) groups is 1. The van der Waals surface area contributed by atoms with Crippen LogP contribution in [0.15, 0.2) is 106 Å². The van der Waals surface area contributed by atoms with Crippen molar-refractivity contribution in [2.75, 3.05) is 6.61 Å². The number of rotatable bonds is 8. The minimum atomic E-state index is -0.307. The molecule has 204 valence electrons. The largest absolute Gasteiger partial charge is 0.490 e. The Labute approximate surface area is 250 Å². The van der Waals surface area contributed by atoms with Crippen LogP contribution < -0.4 is 9.47 Å². The van der Waals surface area contributed by atoms with E-state index in [1.165, 1.54) is 4.90 Å². The number of nitrogens with zero attached hydrogens (tertiary/aromatic N) is 1. The smallest absolute Gasteiger partial charge is 0.293 e. The van der Waals surface area contributed by atoms with Crippen LogP contribution >= 0.6 is 27.7 Å². The first-order valence-electron chi connectivity index (χ1n) is 13.3. The Morgan fingerprint density at radius 1 is 0.805 bits per heavy atom. The van der Waals surface area contributed by atoms with Crippen LogP contribution in [-0.4, -0.2) is 22.7 Å². The molecule has 0 radical (unpaired) electrons. The fraction of sp³-hybridized carbons (Fsp3) is 0.118. The zero-order valence-electron chi connectivity index (χ0n) is 22.3. The minimum absolute atomic E-state index is 0.220. The molecule has 1 aliphatic heterocycles. The van der Waals surface area contributed by atoms with Gasteiger partial charge in [0.1, 0.15) is 6.61 Å². The Morgan fingerprint density at radius 3 is 2.15 bits per heavy atom. The fourth-order valence-corrected chi connectivity index (χ4v) is 6.44. The summed E-state index contributed by atoms with van der Waals surface area (Å²) < 4.78 is 12.9. The second-order valence-electron chi connectivity index (χ2n) is 9.60. The number of hydrogen-bond acceptors (Lipinski definition) is 5. The Bertz CT molecular complexity index is 1820. The molecule has 1 saturated heterocycles. The quantitative estimate of drug-likeness (QED) is 0.161. The van der Waals surface area contributed by atoms with Gasteiger partial charge in [0.05, 0.1) is 22.5 Å². The number of benzene rings is 5. The lowest BCUT2D eigenvalue weighted by atomic mass is 10.0. The van der Waals surface area contributed by atoms with E-state index in [1.54, 1.807) is 6.08 Å². The van der Waals surface area contributed by atoms with Gasteiger partial charge in [-0.15, -0.1) is 0 Å². The molecule has 6 rings (SSSR count). The summed E-state index contributed by atoms with van der Waals surface area (Å²) in [4.78, 5) is 27.9. The molecule has 5 aromatic rings. The summed E-state index contributed by atoms with van der Waals surface area (Å²) in [6.45, 7) is 2.94. The van der Waals surface area contributed by atoms with Crippen molar-refractivity contribution in [1.82, 2.24) is 4.90 Å². The van der Waals surface area contributed by atoms with Gasteiger partial charge >= 0.3 is 0 Å². The molecule has 5 nitrogen and oxygen atoms in total. The monoisotopic (exact) mass is 623 g/mol. The highest BCUT2D eigenvalue weighted by molar-refractivity contribution is 9.10. The van der Waals surface area contributed by atoms with Crippen LogP contribution in [0.4, 0.5) is 4.79 Å². The van der Waals surface area contributed by atoms with E-state index in [1.807, 2.05) is 79.7 Å². The number of imide groups is 1. The van der Waals surface area contributed by atoms with Gasteiger partial charge in [-0.3, -0.25) is 14.5 Å². The summed E-state index contributed by atoms with van der Waals surface area (Å²) in [6, 6.07) is 32.0. The zero-order chi connectivity index (χ0) is 28.3. The summed E-state index contributed by atoms with van der Waals surface area (Å²) in [7, 11) is 0. The van der Waals surface area contributed by atoms with Crippen LogP contribution in [0.1, 0.15) is 23.6 Å². The summed E-state index contributed by atoms with van der Waals surface area (Å²) in [5.74, 6) is 0.836. The van der Waals surface area contributed by atoms with Gasteiger partial charge in [0.15, 0.2) is 11.5 Å². The molecule has 0 aromatic heterocycles. The first-order valence-corrected chi connectivity index (χ1v) is 14.9. The highest BCUT2D eigenvalue weighted by atomic mass is 79.9. The van der Waals surface area contributed by atoms with E-state index in [4.69, 9.17) is 9.47 Å². The number of halogens is 1. The molecule has 0 aliphatic carbocycles. The standard InChI is InChI=1S/C34H26BrNO4S/c1-2-39-30-18-22(17-29(35)32(30)40-21-26-14-8-12-24-10-4-6-16-28(24)26)19-31-33(37)36(34(38)41-31)20-25-13-7-11-23-9-3-5-15-27(23)25/h3-19H,2,20-21H2,1H3/b31-19+. The molecule has 0 bridgehead atoms. The predicted octanol–water partition coefficient (Wildman–Crippen LogP) is 8.97. The van der Waals surface area contributed by atoms with Gasteiger partial charge in [-0.25, -0.2) is 0 Å². The van der Waals surface area contributed by atoms with E-state index in [0.717, 1.165) is 50.0 Å². The van der Waals surface area contributed by atoms with Crippen molar-refractivity contribution in [3.63, 3.8) is 0 Å². The highest BCUT2D eigenvalue weighted by Crippen LogP contribution is 2.40. The van der Waals surface area contributed by atoms with Gasteiger partial charge in [0, 0.05) is 0 Å². The van der Waals surface area contributed by atoms with Crippen molar-refractivity contribution in [1.29, 1.82) is 0 Å². The maximum Gasteiger partial charge on any atom is 0.293 e. The van der Waals surface area contributed by atoms with Crippen LogP contribution in [0.5, 0.6) is 11.5 Å². The second kappa shape index (κ2) is 11.8. The van der Waals surface area contributed by atoms with Crippen LogP contribution in [0.3, 0.4) is 0 Å². The maximum atomic E-state index is 13.3. The molecule has 0 atom stereocenters. The number of carbonyl (C=O) groups is 2. The SMILES string of the molecule is CCOc1cc(/C=C2/SC(=O)N(Cc3cccc4ccccc34)C2=O)cc(Br)c1OCc1cccc2ccccc12. The minimum Gasteiger partial charge on any atom is -0.490 e. The third kappa shape index (κ3) is 5.60. The summed E-state index contributed by atoms with van der Waals surface area (Å²) in [5.41, 5.74) is 2.73. The Hall–Kier alpha value is -4.07. The first kappa shape index (κ1) is 27.1. The van der Waals surface area contributed by atoms with E-state index in [9.17, 15) is 9.59 Å². The Kier molecular flexibility index (Phi) is 7.81. The molecule has 7 heteroatoms. The third-order valence-electron chi connectivity index (χ3n) is 6.96. The van der Waals surface area contributed by atoms with Crippen LogP contribution in [0, 0.1) is 0 Å². The van der Waals surface area contributed by atoms with Gasteiger partial charge in [0.2, 0.25) is 0 Å². The van der Waals surface area contributed by atoms with Crippen molar-refractivity contribution in [3.05, 3.63) is 123 Å². The lowest BCUT2D eigenvalue weighted by Gasteiger charge is -2.16. The summed E-state index contributed by atoms with van der Waals surface area (Å²) in [6.07, 6.45) is 1.73. The molecular weight excluding hydrogens is 598 g/mol. The van der Waals surface area contributed by atoms with Crippen LogP contribution in [0.25, 0.3) is 27.6 Å². The maximum absolute atomic E-state index is 13.3. The van der Waals surface area contributed by atoms with E-state index in [-0.39, 0.29) is 17.7 Å². The van der Waals surface area contributed by atoms with E-state index in [0.29, 0.717) is 34.1 Å². The van der Waals surface area contributed by atoms with Gasteiger partial charge in [-0.05, 0) is 91.1 Å². The molecule has 1 aliphatic rings. The topological polar surface area (TPSA) is 55.8 Å². The van der Waals surface area contributed by atoms with Gasteiger partial charge < -0.3 is 9.47 Å². The third-order valence-corrected chi connectivity index (χ3v) is 8.46. The predicted molar refractivity (Wildman–Crippen MR) is 169 cm³/mol. The lowest BCUT2D eigenvalue weighted by molar-refractivity contribution is -0.123. The van der Waals surface area contributed by atoms with Crippen molar-refractivity contribution in [2.24, 2.45) is 0 Å². The molecule has 0 N–H and O–H groups in total. The van der Waals surface area contributed by atoms with Crippen LogP contribution in [0.2, 0.25) is 0 Å². The normalized spacial score (nSPS) is 14.4. The average molecular weight is 625 g/mol. The number of carbonyl (C=O) groups excluding carboxylic acids is 2. The van der Waals surface area contributed by atoms with E-state index < -0.39 is 0 Å². The number of hydrogen-bond donors (Lipinski definition) is 0. The highest BCUT2D eigenvalue weighted by Gasteiger charge is 2.35. The van der Waals surface area contributed by atoms with Crippen molar-refractivity contribution in [3.8, 4) is 11.5 Å². The molecule has 0 saturated carbocycles. The van der Waals surface area contributed by atoms with Crippen molar-refractivity contribution >= 4 is 66.5 Å². The van der Waals surface area contributed by atoms with Crippen molar-refractivity contribution in [2.45, 2.75) is 20.1 Å². The van der Waals surface area contributed by atoms with Gasteiger partial charge in [-0.2, -0.15) is 0 Å². The zero-order valence-corrected chi connectivity index (χ0v) is 24.7. The van der Waals surface area contributed by atoms with E-state index >= 15 is 0 Å². The molecule has 1 heterocycles. The van der Waals surface area contributed by atoms with Gasteiger partial charge in [0.25, 0.3) is 11.1 Å². The molecule has 2 amide bonds. The molecule has 0 spiro atoms. The Balaban J connectivity index is 1.25. The number of fused-ring (bicyclic) bond motifs is 2. The molecule has 0 unspecified atom stereocenters. The molecular formula is C34H26BrNO4S. The van der Waals surface area contributed by atoms with Crippen molar-refractivity contribution < 1.29 is 19.1 Å². The molecule has 41 heavy (non-hydrogen) atoms. The lowest BCUT2D eigenvalue weighted by Crippen LogP contribution is -2.27. The summed E-state index contributed by atoms with van der Waals surface area (Å²) in [5, 5.41) is 4.11. The fourth-order valence-electron chi connectivity index (χ4n) is 5.03. The molecule has 1 fully saturated rings. The number of amides is 2. The number of ether oxygens (including phenoxy) is 2. The second-order valence-corrected chi connectivity index (χ2v) is 11.4. The first-order chi connectivity index (χ1) is 20.0. The Morgan fingerprint density at radius 2 is 1.44 bits per heavy atom. The van der Waals surface area contributed by atoms with Gasteiger partial charge in [-0.1, -0.05) is 84.9 Å². The summed E-state index contributed by atoms with van der Waals surface area (Å²) >= 11 is 4.59.